The van der Waals surface area contributed by atoms with E-state index in [2.05, 4.69) is 42.5 Å². The third-order valence-corrected chi connectivity index (χ3v) is 7.71. The number of aldehydes is 1. The zero-order valence-corrected chi connectivity index (χ0v) is 23.3. The number of carbonyl (C=O) groups is 1. The Labute approximate surface area is 232 Å². The highest BCUT2D eigenvalue weighted by molar-refractivity contribution is 5.89. The van der Waals surface area contributed by atoms with Crippen molar-refractivity contribution in [2.75, 3.05) is 32.0 Å². The molecule has 1 aromatic carbocycles. The number of piperidine rings is 1. The van der Waals surface area contributed by atoms with Crippen LogP contribution in [0.15, 0.2) is 36.7 Å². The van der Waals surface area contributed by atoms with Crippen LogP contribution in [0.1, 0.15) is 54.2 Å². The smallest absolute Gasteiger partial charge is 0.229 e. The third kappa shape index (κ3) is 5.88. The molecule has 0 bridgehead atoms. The van der Waals surface area contributed by atoms with Crippen molar-refractivity contribution in [3.8, 4) is 11.3 Å². The molecule has 40 heavy (non-hydrogen) atoms. The summed E-state index contributed by atoms with van der Waals surface area (Å²) < 4.78 is 29.3. The van der Waals surface area contributed by atoms with Crippen molar-refractivity contribution in [3.63, 3.8) is 0 Å². The quantitative estimate of drug-likeness (QED) is 0.280. The van der Waals surface area contributed by atoms with Gasteiger partial charge in [-0.25, -0.2) is 23.7 Å². The Kier molecular flexibility index (Phi) is 8.18. The van der Waals surface area contributed by atoms with Crippen LogP contribution in [0.4, 0.5) is 20.5 Å². The number of aromatic nitrogens is 4. The number of rotatable bonds is 5. The van der Waals surface area contributed by atoms with Gasteiger partial charge in [0.05, 0.1) is 11.7 Å². The number of hydrogen-bond acceptors (Lipinski definition) is 7. The highest BCUT2D eigenvalue weighted by Gasteiger charge is 2.30. The Bertz CT molecular complexity index is 1500. The molecular weight excluding hydrogens is 512 g/mol. The number of likely N-dealkylation sites (tertiary alicyclic amines) is 1. The van der Waals surface area contributed by atoms with Crippen molar-refractivity contribution < 1.29 is 13.6 Å². The normalized spacial score (nSPS) is 18.9. The number of anilines is 2. The van der Waals surface area contributed by atoms with E-state index in [9.17, 15) is 13.6 Å². The van der Waals surface area contributed by atoms with E-state index >= 15 is 0 Å². The summed E-state index contributed by atoms with van der Waals surface area (Å²) in [5.41, 5.74) is 2.98. The van der Waals surface area contributed by atoms with Crippen LogP contribution in [0, 0.1) is 24.5 Å². The fourth-order valence-electron chi connectivity index (χ4n) is 5.81. The number of halogens is 2. The van der Waals surface area contributed by atoms with Crippen molar-refractivity contribution in [2.45, 2.75) is 45.6 Å². The van der Waals surface area contributed by atoms with Crippen LogP contribution in [0.5, 0.6) is 0 Å². The molecule has 0 radical (unpaired) electrons. The van der Waals surface area contributed by atoms with E-state index in [1.54, 1.807) is 18.2 Å². The van der Waals surface area contributed by atoms with Gasteiger partial charge in [0.2, 0.25) is 5.95 Å². The summed E-state index contributed by atoms with van der Waals surface area (Å²) in [7, 11) is 2.23. The number of hydrogen-bond donors (Lipinski definition) is 3. The first-order valence-corrected chi connectivity index (χ1v) is 13.7. The lowest BCUT2D eigenvalue weighted by Gasteiger charge is -2.31. The first kappa shape index (κ1) is 27.8. The molecule has 2 fully saturated rings. The van der Waals surface area contributed by atoms with E-state index in [0.29, 0.717) is 34.1 Å². The molecule has 6 rings (SSSR count). The van der Waals surface area contributed by atoms with Crippen LogP contribution in [-0.2, 0) is 0 Å². The fourth-order valence-corrected chi connectivity index (χ4v) is 5.81. The van der Waals surface area contributed by atoms with Crippen LogP contribution in [0.25, 0.3) is 22.2 Å². The number of nitrogens with zero attached hydrogens (tertiary/aromatic N) is 4. The molecule has 2 aliphatic heterocycles. The van der Waals surface area contributed by atoms with Gasteiger partial charge in [0.1, 0.15) is 17.3 Å². The number of fused-ring (bicyclic) bond motifs is 2. The Balaban J connectivity index is 0.000000269. The van der Waals surface area contributed by atoms with Gasteiger partial charge < -0.3 is 20.5 Å². The Morgan fingerprint density at radius 1 is 1.12 bits per heavy atom. The number of aromatic amines is 1. The predicted octanol–water partition coefficient (Wildman–Crippen LogP) is 5.59. The van der Waals surface area contributed by atoms with Gasteiger partial charge in [-0.1, -0.05) is 13.8 Å². The maximum atomic E-state index is 14.8. The Morgan fingerprint density at radius 2 is 1.95 bits per heavy atom. The molecule has 2 aliphatic rings. The molecule has 0 amide bonds. The summed E-state index contributed by atoms with van der Waals surface area (Å²) in [5.74, 6) is 0.480. The molecule has 2 unspecified atom stereocenters. The lowest BCUT2D eigenvalue weighted by Crippen LogP contribution is -2.42. The second-order valence-electron chi connectivity index (χ2n) is 11.0. The second kappa shape index (κ2) is 11.8. The molecule has 0 aliphatic carbocycles. The minimum absolute atomic E-state index is 0.0219. The number of carbonyl (C=O) groups excluding carboxylic acids is 1. The Morgan fingerprint density at radius 3 is 2.67 bits per heavy atom. The van der Waals surface area contributed by atoms with E-state index in [1.807, 2.05) is 20.8 Å². The van der Waals surface area contributed by atoms with Gasteiger partial charge in [0, 0.05) is 41.0 Å². The second-order valence-corrected chi connectivity index (χ2v) is 11.0. The number of pyridine rings is 1. The zero-order valence-electron chi connectivity index (χ0n) is 23.3. The van der Waals surface area contributed by atoms with Crippen LogP contribution in [0.2, 0.25) is 0 Å². The monoisotopic (exact) mass is 547 g/mol. The van der Waals surface area contributed by atoms with Crippen molar-refractivity contribution in [2.24, 2.45) is 5.92 Å². The molecular formula is C30H35F2N7O. The fraction of sp³-hybridized carbons (Fsp3) is 0.400. The van der Waals surface area contributed by atoms with Crippen LogP contribution >= 0.6 is 0 Å². The van der Waals surface area contributed by atoms with E-state index < -0.39 is 11.6 Å². The molecule has 3 aromatic heterocycles. The lowest BCUT2D eigenvalue weighted by atomic mass is 9.94. The summed E-state index contributed by atoms with van der Waals surface area (Å²) in [5, 5.41) is 7.12. The molecule has 0 saturated carbocycles. The van der Waals surface area contributed by atoms with Crippen LogP contribution < -0.4 is 10.6 Å². The molecule has 10 heteroatoms. The summed E-state index contributed by atoms with van der Waals surface area (Å²) in [6, 6.07) is 7.02. The largest absolute Gasteiger partial charge is 0.356 e. The van der Waals surface area contributed by atoms with Crippen molar-refractivity contribution in [1.29, 1.82) is 0 Å². The van der Waals surface area contributed by atoms with Crippen LogP contribution in [-0.4, -0.2) is 63.8 Å². The summed E-state index contributed by atoms with van der Waals surface area (Å²) in [6.07, 6.45) is 5.86. The lowest BCUT2D eigenvalue weighted by molar-refractivity contribution is 0.112. The maximum absolute atomic E-state index is 14.8. The maximum Gasteiger partial charge on any atom is 0.229 e. The van der Waals surface area contributed by atoms with Crippen molar-refractivity contribution >= 4 is 29.0 Å². The van der Waals surface area contributed by atoms with Gasteiger partial charge in [0.15, 0.2) is 12.1 Å². The minimum atomic E-state index is -0.665. The number of nitrogens with one attached hydrogen (secondary N) is 3. The summed E-state index contributed by atoms with van der Waals surface area (Å²) >= 11 is 0. The standard InChI is InChI=1S/C22H19F2N5O.C8H16N2/c1-11(2)19-12(3)27-21-15(19)6-14(7-16(21)23)20-17(24)9-26-22(29-20)28-18-5-4-13(10-30)8-25-18;1-10-5-3-8-7(6-10)2-4-9-8/h4-11,27H,1-3H3,(H,25,26,28,29);7-9H,2-6H2,1H3. The number of H-pyrrole nitrogens is 1. The first-order valence-electron chi connectivity index (χ1n) is 13.7. The SMILES string of the molecule is CN1CCC2NCCC2C1.Cc1[nH]c2c(F)cc(-c3nc(Nc4ccc(C=O)cn4)ncc3F)cc2c1C(C)C. The van der Waals surface area contributed by atoms with E-state index in [4.69, 9.17) is 0 Å². The molecule has 0 spiro atoms. The average molecular weight is 548 g/mol. The molecule has 2 saturated heterocycles. The zero-order chi connectivity index (χ0) is 28.4. The van der Waals surface area contributed by atoms with E-state index in [-0.39, 0.29) is 17.6 Å². The molecule has 5 heterocycles. The minimum Gasteiger partial charge on any atom is -0.356 e. The Hall–Kier alpha value is -3.76. The van der Waals surface area contributed by atoms with Gasteiger partial charge in [0.25, 0.3) is 0 Å². The van der Waals surface area contributed by atoms with Gasteiger partial charge in [-0.3, -0.25) is 4.79 Å². The van der Waals surface area contributed by atoms with Gasteiger partial charge >= 0.3 is 0 Å². The van der Waals surface area contributed by atoms with Crippen molar-refractivity contribution in [3.05, 3.63) is 65.1 Å². The highest BCUT2D eigenvalue weighted by Crippen LogP contribution is 2.34. The van der Waals surface area contributed by atoms with Gasteiger partial charge in [-0.2, -0.15) is 0 Å². The first-order chi connectivity index (χ1) is 19.2. The molecule has 4 aromatic rings. The molecule has 2 atom stereocenters. The number of aryl methyl sites for hydroxylation is 1. The van der Waals surface area contributed by atoms with Crippen molar-refractivity contribution in [1.82, 2.24) is 30.2 Å². The molecule has 3 N–H and O–H groups in total. The number of benzene rings is 1. The molecule has 8 nitrogen and oxygen atoms in total. The third-order valence-electron chi connectivity index (χ3n) is 7.71. The highest BCUT2D eigenvalue weighted by atomic mass is 19.1. The average Bonchev–Trinajstić information content (AvgIpc) is 3.54. The van der Waals surface area contributed by atoms with E-state index in [0.717, 1.165) is 29.4 Å². The van der Waals surface area contributed by atoms with Crippen LogP contribution in [0.3, 0.4) is 0 Å². The topological polar surface area (TPSA) is 98.8 Å². The predicted molar refractivity (Wildman–Crippen MR) is 153 cm³/mol. The summed E-state index contributed by atoms with van der Waals surface area (Å²) in [4.78, 5) is 28.5. The van der Waals surface area contributed by atoms with Gasteiger partial charge in [-0.15, -0.1) is 0 Å². The molecule has 210 valence electrons. The summed E-state index contributed by atoms with van der Waals surface area (Å²) in [6.45, 7) is 9.80. The van der Waals surface area contributed by atoms with Gasteiger partial charge in [-0.05, 0) is 81.6 Å². The van der Waals surface area contributed by atoms with E-state index in [1.165, 1.54) is 44.7 Å².